The van der Waals surface area contributed by atoms with E-state index in [2.05, 4.69) is 10.6 Å². The summed E-state index contributed by atoms with van der Waals surface area (Å²) in [4.78, 5) is 11.4. The van der Waals surface area contributed by atoms with Crippen molar-refractivity contribution in [3.8, 4) is 0 Å². The molecule has 2 N–H and O–H groups in total. The van der Waals surface area contributed by atoms with Crippen molar-refractivity contribution in [1.82, 2.24) is 10.6 Å². The highest BCUT2D eigenvalue weighted by atomic mass is 19.4. The lowest BCUT2D eigenvalue weighted by Gasteiger charge is -2.10. The molecule has 0 aromatic heterocycles. The predicted molar refractivity (Wildman–Crippen MR) is 64.3 cm³/mol. The highest BCUT2D eigenvalue weighted by Gasteiger charge is 2.31. The Kier molecular flexibility index (Phi) is 4.27. The lowest BCUT2D eigenvalue weighted by molar-refractivity contribution is -0.137. The number of hydrogen-bond acceptors (Lipinski definition) is 2. The van der Waals surface area contributed by atoms with Crippen LogP contribution in [0.15, 0.2) is 18.2 Å². The number of amides is 1. The summed E-state index contributed by atoms with van der Waals surface area (Å²) in [6, 6.07) is 2.60. The van der Waals surface area contributed by atoms with E-state index in [9.17, 15) is 22.4 Å². The van der Waals surface area contributed by atoms with E-state index in [1.165, 1.54) is 0 Å². The lowest BCUT2D eigenvalue weighted by Crippen LogP contribution is -2.34. The van der Waals surface area contributed by atoms with Crippen LogP contribution in [0.2, 0.25) is 0 Å². The average Bonchev–Trinajstić information content (AvgIpc) is 3.16. The van der Waals surface area contributed by atoms with E-state index in [4.69, 9.17) is 0 Å². The van der Waals surface area contributed by atoms with Crippen LogP contribution in [-0.4, -0.2) is 18.5 Å². The summed E-state index contributed by atoms with van der Waals surface area (Å²) in [5.41, 5.74) is -0.977. The molecule has 0 saturated heterocycles. The molecule has 0 aliphatic heterocycles. The van der Waals surface area contributed by atoms with E-state index in [1.54, 1.807) is 0 Å². The van der Waals surface area contributed by atoms with Gasteiger partial charge in [0.2, 0.25) is 5.91 Å². The molecule has 7 heteroatoms. The van der Waals surface area contributed by atoms with Crippen LogP contribution in [0.4, 0.5) is 17.6 Å². The number of halogens is 4. The Labute approximate surface area is 113 Å². The number of rotatable bonds is 5. The van der Waals surface area contributed by atoms with Crippen LogP contribution in [0.3, 0.4) is 0 Å². The van der Waals surface area contributed by atoms with Gasteiger partial charge in [0, 0.05) is 12.6 Å². The van der Waals surface area contributed by atoms with Crippen molar-refractivity contribution < 1.29 is 22.4 Å². The summed E-state index contributed by atoms with van der Waals surface area (Å²) in [5.74, 6) is -1.30. The second-order valence-corrected chi connectivity index (χ2v) is 4.78. The van der Waals surface area contributed by atoms with Crippen molar-refractivity contribution in [1.29, 1.82) is 0 Å². The fourth-order valence-corrected chi connectivity index (χ4v) is 1.70. The molecular formula is C13H14F4N2O. The smallest absolute Gasteiger partial charge is 0.351 e. The molecule has 1 saturated carbocycles. The minimum atomic E-state index is -4.60. The van der Waals surface area contributed by atoms with Crippen molar-refractivity contribution in [3.05, 3.63) is 35.1 Å². The molecule has 0 atom stereocenters. The van der Waals surface area contributed by atoms with E-state index in [0.717, 1.165) is 25.0 Å². The zero-order valence-electron chi connectivity index (χ0n) is 10.6. The molecule has 0 spiro atoms. The number of nitrogens with one attached hydrogen (secondary N) is 2. The second-order valence-electron chi connectivity index (χ2n) is 4.78. The van der Waals surface area contributed by atoms with Gasteiger partial charge < -0.3 is 10.6 Å². The number of carbonyl (C=O) groups is 1. The Morgan fingerprint density at radius 2 is 1.95 bits per heavy atom. The van der Waals surface area contributed by atoms with Gasteiger partial charge in [-0.15, -0.1) is 0 Å². The molecule has 1 aromatic carbocycles. The maximum absolute atomic E-state index is 13.1. The Morgan fingerprint density at radius 1 is 1.25 bits per heavy atom. The third-order valence-electron chi connectivity index (χ3n) is 2.90. The van der Waals surface area contributed by atoms with Crippen LogP contribution < -0.4 is 10.6 Å². The second kappa shape index (κ2) is 5.78. The number of carbonyl (C=O) groups excluding carboxylic acids is 1. The predicted octanol–water partition coefficient (Wildman–Crippen LogP) is 2.21. The van der Waals surface area contributed by atoms with Gasteiger partial charge in [0.1, 0.15) is 5.82 Å². The van der Waals surface area contributed by atoms with Crippen LogP contribution in [-0.2, 0) is 17.5 Å². The van der Waals surface area contributed by atoms with Crippen LogP contribution in [0.25, 0.3) is 0 Å². The van der Waals surface area contributed by atoms with Gasteiger partial charge in [-0.2, -0.15) is 13.2 Å². The van der Waals surface area contributed by atoms with Gasteiger partial charge in [-0.05, 0) is 36.6 Å². The lowest BCUT2D eigenvalue weighted by atomic mass is 10.1. The SMILES string of the molecule is O=C(CNC1CC1)NCc1cc(F)cc(C(F)(F)F)c1. The largest absolute Gasteiger partial charge is 0.416 e. The fraction of sp³-hybridized carbons (Fsp3) is 0.462. The van der Waals surface area contributed by atoms with Crippen molar-refractivity contribution in [2.24, 2.45) is 0 Å². The molecular weight excluding hydrogens is 276 g/mol. The molecule has 1 fully saturated rings. The third kappa shape index (κ3) is 4.48. The van der Waals surface area contributed by atoms with E-state index >= 15 is 0 Å². The molecule has 110 valence electrons. The minimum Gasteiger partial charge on any atom is -0.351 e. The van der Waals surface area contributed by atoms with Gasteiger partial charge in [-0.1, -0.05) is 0 Å². The third-order valence-corrected chi connectivity index (χ3v) is 2.90. The molecule has 1 amide bonds. The van der Waals surface area contributed by atoms with E-state index in [0.29, 0.717) is 12.1 Å². The summed E-state index contributed by atoms with van der Waals surface area (Å²) in [5, 5.41) is 5.43. The van der Waals surface area contributed by atoms with Gasteiger partial charge >= 0.3 is 6.18 Å². The van der Waals surface area contributed by atoms with Gasteiger partial charge in [0.15, 0.2) is 0 Å². The summed E-state index contributed by atoms with van der Waals surface area (Å²) < 4.78 is 50.6. The number of benzene rings is 1. The molecule has 1 aliphatic carbocycles. The highest BCUT2D eigenvalue weighted by molar-refractivity contribution is 5.78. The van der Waals surface area contributed by atoms with Crippen molar-refractivity contribution in [2.45, 2.75) is 31.6 Å². The van der Waals surface area contributed by atoms with Gasteiger partial charge in [-0.25, -0.2) is 4.39 Å². The molecule has 0 unspecified atom stereocenters. The Hall–Kier alpha value is -1.63. The Morgan fingerprint density at radius 3 is 2.55 bits per heavy atom. The zero-order valence-corrected chi connectivity index (χ0v) is 10.6. The first-order chi connectivity index (χ1) is 9.34. The highest BCUT2D eigenvalue weighted by Crippen LogP contribution is 2.30. The van der Waals surface area contributed by atoms with Gasteiger partial charge in [0.05, 0.1) is 12.1 Å². The molecule has 20 heavy (non-hydrogen) atoms. The quantitative estimate of drug-likeness (QED) is 0.816. The van der Waals surface area contributed by atoms with Crippen LogP contribution in [0.5, 0.6) is 0 Å². The average molecular weight is 290 g/mol. The molecule has 3 nitrogen and oxygen atoms in total. The Bertz CT molecular complexity index is 498. The summed E-state index contributed by atoms with van der Waals surface area (Å²) >= 11 is 0. The molecule has 1 aromatic rings. The molecule has 1 aliphatic rings. The zero-order chi connectivity index (χ0) is 14.8. The van der Waals surface area contributed by atoms with Crippen LogP contribution in [0, 0.1) is 5.82 Å². The normalized spacial score (nSPS) is 15.2. The van der Waals surface area contributed by atoms with Gasteiger partial charge in [0.25, 0.3) is 0 Å². The molecule has 0 heterocycles. The van der Waals surface area contributed by atoms with Crippen molar-refractivity contribution in [3.63, 3.8) is 0 Å². The summed E-state index contributed by atoms with van der Waals surface area (Å²) in [6.07, 6.45) is -2.54. The summed E-state index contributed by atoms with van der Waals surface area (Å²) in [7, 11) is 0. The van der Waals surface area contributed by atoms with E-state index in [-0.39, 0.29) is 24.6 Å². The van der Waals surface area contributed by atoms with Crippen LogP contribution >= 0.6 is 0 Å². The minimum absolute atomic E-state index is 0.0806. The maximum Gasteiger partial charge on any atom is 0.416 e. The first kappa shape index (κ1) is 14.8. The van der Waals surface area contributed by atoms with Crippen LogP contribution in [0.1, 0.15) is 24.0 Å². The van der Waals surface area contributed by atoms with Crippen molar-refractivity contribution in [2.75, 3.05) is 6.54 Å². The molecule has 2 rings (SSSR count). The monoisotopic (exact) mass is 290 g/mol. The number of hydrogen-bond donors (Lipinski definition) is 2. The van der Waals surface area contributed by atoms with E-state index in [1.807, 2.05) is 0 Å². The Balaban J connectivity index is 1.91. The standard InChI is InChI=1S/C13H14F4N2O/c14-10-4-8(3-9(5-10)13(15,16)17)6-19-12(20)7-18-11-1-2-11/h3-5,11,18H,1-2,6-7H2,(H,19,20). The first-order valence-corrected chi connectivity index (χ1v) is 6.21. The van der Waals surface area contributed by atoms with Gasteiger partial charge in [-0.3, -0.25) is 4.79 Å². The maximum atomic E-state index is 13.1. The summed E-state index contributed by atoms with van der Waals surface area (Å²) in [6.45, 7) is -0.0157. The topological polar surface area (TPSA) is 41.1 Å². The molecule has 0 radical (unpaired) electrons. The number of alkyl halides is 3. The first-order valence-electron chi connectivity index (χ1n) is 6.21. The van der Waals surface area contributed by atoms with E-state index < -0.39 is 17.6 Å². The fourth-order valence-electron chi connectivity index (χ4n) is 1.70. The van der Waals surface area contributed by atoms with Crippen molar-refractivity contribution >= 4 is 5.91 Å². The molecule has 0 bridgehead atoms.